The number of nitrogens with zero attached hydrogens (tertiary/aromatic N) is 1. The van der Waals surface area contributed by atoms with Crippen LogP contribution in [0.3, 0.4) is 0 Å². The summed E-state index contributed by atoms with van der Waals surface area (Å²) < 4.78 is 0. The van der Waals surface area contributed by atoms with Crippen molar-refractivity contribution in [3.05, 3.63) is 35.9 Å². The normalized spacial score (nSPS) is 11.4. The first-order chi connectivity index (χ1) is 20.3. The van der Waals surface area contributed by atoms with Crippen LogP contribution < -0.4 is 32.3 Å². The van der Waals surface area contributed by atoms with E-state index in [1.165, 1.54) is 4.90 Å². The number of hydrogen-bond acceptors (Lipinski definition) is 7. The Morgan fingerprint density at radius 3 is 2.12 bits per heavy atom. The topological polar surface area (TPSA) is 209 Å². The molecule has 234 valence electrons. The van der Waals surface area contributed by atoms with Gasteiger partial charge in [0.25, 0.3) is 0 Å². The van der Waals surface area contributed by atoms with Crippen LogP contribution in [0.5, 0.6) is 0 Å². The van der Waals surface area contributed by atoms with Crippen molar-refractivity contribution in [2.24, 2.45) is 5.73 Å². The summed E-state index contributed by atoms with van der Waals surface area (Å²) in [4.78, 5) is 85.2. The number of nitrogens with two attached hydrogens (primary N) is 1. The summed E-state index contributed by atoms with van der Waals surface area (Å²) in [7, 11) is 5.01. The minimum Gasteiger partial charge on any atom is -0.370 e. The van der Waals surface area contributed by atoms with Gasteiger partial charge in [-0.3, -0.25) is 33.6 Å². The number of carbonyl (C=O) groups is 7. The summed E-state index contributed by atoms with van der Waals surface area (Å²) in [5.74, 6) is -3.06. The summed E-state index contributed by atoms with van der Waals surface area (Å²) >= 11 is 0. The van der Waals surface area contributed by atoms with Crippen LogP contribution >= 0.6 is 0 Å². The quantitative estimate of drug-likeness (QED) is 0.0470. The number of amides is 7. The maximum Gasteiger partial charge on any atom is 0.243 e. The Bertz CT molecular complexity index is 1110. The molecular formula is C27H43B2N7O7. The fourth-order valence-electron chi connectivity index (χ4n) is 3.68. The molecule has 0 radical (unpaired) electrons. The number of unbranched alkanes of at least 4 members (excludes halogenated alkanes) is 2. The monoisotopic (exact) mass is 599 g/mol. The zero-order valence-corrected chi connectivity index (χ0v) is 25.2. The maximum absolute atomic E-state index is 12.9. The minimum atomic E-state index is -1.03. The van der Waals surface area contributed by atoms with E-state index in [4.69, 9.17) is 5.73 Å². The standard InChI is InChI=1S/C27H43B2N7O7/c1-36(18-37)13-7-3-6-10-21(38)32-15-23(40)33-17-24(41)35-20(14-19-8-4-2-5-9-19)25(42)34-16-22(39)31-12-11-27(28,29)26(30)43/h2,4-5,8-9,18,20H,3,6-7,10-17,28-29H2,1H3,(H2,30,43)(H,31,39)(H,32,38)(H,33,40)(H,34,42)(H,35,41). The number of benzene rings is 1. The van der Waals surface area contributed by atoms with E-state index in [0.717, 1.165) is 24.8 Å². The lowest BCUT2D eigenvalue weighted by Crippen LogP contribution is -2.52. The van der Waals surface area contributed by atoms with E-state index < -0.39 is 47.3 Å². The van der Waals surface area contributed by atoms with Gasteiger partial charge < -0.3 is 37.2 Å². The summed E-state index contributed by atoms with van der Waals surface area (Å²) in [5, 5.41) is 11.8. The van der Waals surface area contributed by atoms with Crippen molar-refractivity contribution in [2.75, 3.05) is 39.8 Å². The predicted molar refractivity (Wildman–Crippen MR) is 165 cm³/mol. The van der Waals surface area contributed by atoms with Gasteiger partial charge in [0.15, 0.2) is 0 Å². The van der Waals surface area contributed by atoms with E-state index in [-0.39, 0.29) is 38.4 Å². The average Bonchev–Trinajstić information content (AvgIpc) is 2.97. The van der Waals surface area contributed by atoms with Gasteiger partial charge in [0.2, 0.25) is 41.9 Å². The molecule has 0 heterocycles. The Kier molecular flexibility index (Phi) is 16.8. The smallest absolute Gasteiger partial charge is 0.243 e. The van der Waals surface area contributed by atoms with E-state index in [0.29, 0.717) is 19.4 Å². The van der Waals surface area contributed by atoms with Crippen LogP contribution in [0.4, 0.5) is 0 Å². The van der Waals surface area contributed by atoms with Gasteiger partial charge in [-0.2, -0.15) is 0 Å². The van der Waals surface area contributed by atoms with Crippen molar-refractivity contribution in [2.45, 2.75) is 49.8 Å². The molecule has 0 aromatic heterocycles. The van der Waals surface area contributed by atoms with Gasteiger partial charge in [-0.15, -0.1) is 0 Å². The van der Waals surface area contributed by atoms with Crippen LogP contribution in [-0.2, 0) is 40.0 Å². The number of primary amides is 1. The second-order valence-electron chi connectivity index (χ2n) is 10.8. The highest BCUT2D eigenvalue weighted by Gasteiger charge is 2.25. The largest absolute Gasteiger partial charge is 0.370 e. The second kappa shape index (κ2) is 19.7. The molecule has 0 spiro atoms. The highest BCUT2D eigenvalue weighted by molar-refractivity contribution is 6.50. The van der Waals surface area contributed by atoms with Crippen molar-refractivity contribution < 1.29 is 33.6 Å². The number of hydrogen-bond donors (Lipinski definition) is 6. The Hall–Kier alpha value is -4.36. The molecule has 0 aliphatic rings. The van der Waals surface area contributed by atoms with E-state index in [9.17, 15) is 33.6 Å². The Morgan fingerprint density at radius 1 is 0.860 bits per heavy atom. The summed E-state index contributed by atoms with van der Waals surface area (Å²) in [5.41, 5.74) is 6.10. The fourth-order valence-corrected chi connectivity index (χ4v) is 3.68. The molecule has 7 N–H and O–H groups in total. The number of carbonyl (C=O) groups excluding carboxylic acids is 7. The predicted octanol–water partition coefficient (Wildman–Crippen LogP) is -3.91. The molecule has 0 saturated carbocycles. The number of rotatable bonds is 21. The Morgan fingerprint density at radius 2 is 1.47 bits per heavy atom. The molecule has 1 unspecified atom stereocenters. The molecule has 43 heavy (non-hydrogen) atoms. The van der Waals surface area contributed by atoms with Gasteiger partial charge >= 0.3 is 0 Å². The fraction of sp³-hybridized carbons (Fsp3) is 0.519. The van der Waals surface area contributed by atoms with Gasteiger partial charge in [-0.05, 0) is 30.0 Å². The van der Waals surface area contributed by atoms with Gasteiger partial charge in [0.1, 0.15) is 21.7 Å². The molecule has 1 rings (SSSR count). The average molecular weight is 599 g/mol. The first-order valence-electron chi connectivity index (χ1n) is 14.2. The highest BCUT2D eigenvalue weighted by Crippen LogP contribution is 2.18. The second-order valence-corrected chi connectivity index (χ2v) is 10.8. The molecule has 0 bridgehead atoms. The zero-order chi connectivity index (χ0) is 32.3. The lowest BCUT2D eigenvalue weighted by molar-refractivity contribution is -0.131. The van der Waals surface area contributed by atoms with Gasteiger partial charge in [0.05, 0.1) is 19.6 Å². The van der Waals surface area contributed by atoms with E-state index in [2.05, 4.69) is 26.6 Å². The molecule has 14 nitrogen and oxygen atoms in total. The third kappa shape index (κ3) is 16.6. The Labute approximate surface area is 253 Å². The van der Waals surface area contributed by atoms with Crippen LogP contribution in [0.25, 0.3) is 0 Å². The Balaban J connectivity index is 2.50. The van der Waals surface area contributed by atoms with Crippen LogP contribution in [0.2, 0.25) is 5.21 Å². The van der Waals surface area contributed by atoms with Crippen molar-refractivity contribution in [1.29, 1.82) is 0 Å². The molecule has 1 atom stereocenters. The van der Waals surface area contributed by atoms with Crippen LogP contribution in [0, 0.1) is 0 Å². The van der Waals surface area contributed by atoms with Crippen molar-refractivity contribution in [3.8, 4) is 0 Å². The van der Waals surface area contributed by atoms with E-state index in [1.807, 2.05) is 6.07 Å². The molecule has 16 heteroatoms. The lowest BCUT2D eigenvalue weighted by Gasteiger charge is -2.21. The summed E-state index contributed by atoms with van der Waals surface area (Å²) in [6.45, 7) is -0.275. The molecule has 1 aromatic carbocycles. The SMILES string of the molecule is BC(B)(CCNC(=O)CNC(=O)C(Cc1ccccc1)NC(=O)CNC(=O)CNC(=O)CCCCCN(C)C=O)C(N)=O. The molecule has 0 aliphatic carbocycles. The maximum atomic E-state index is 12.9. The molecular weight excluding hydrogens is 556 g/mol. The van der Waals surface area contributed by atoms with E-state index in [1.54, 1.807) is 47.0 Å². The van der Waals surface area contributed by atoms with Gasteiger partial charge in [0, 0.05) is 33.0 Å². The lowest BCUT2D eigenvalue weighted by atomic mass is 9.52. The summed E-state index contributed by atoms with van der Waals surface area (Å²) in [6.07, 6.45) is 3.58. The first kappa shape index (κ1) is 36.7. The molecule has 0 fully saturated rings. The molecule has 7 amide bonds. The van der Waals surface area contributed by atoms with Crippen molar-refractivity contribution in [1.82, 2.24) is 31.5 Å². The van der Waals surface area contributed by atoms with Gasteiger partial charge in [-0.1, -0.05) is 36.8 Å². The van der Waals surface area contributed by atoms with Crippen molar-refractivity contribution in [3.63, 3.8) is 0 Å². The first-order valence-corrected chi connectivity index (χ1v) is 14.2. The van der Waals surface area contributed by atoms with Gasteiger partial charge in [-0.25, -0.2) is 0 Å². The zero-order valence-electron chi connectivity index (χ0n) is 25.2. The molecule has 0 saturated heterocycles. The third-order valence-electron chi connectivity index (χ3n) is 6.58. The molecule has 0 aliphatic heterocycles. The van der Waals surface area contributed by atoms with Crippen LogP contribution in [0.15, 0.2) is 30.3 Å². The van der Waals surface area contributed by atoms with Crippen LogP contribution in [0.1, 0.15) is 37.7 Å². The minimum absolute atomic E-state index is 0.141. The number of nitrogens with one attached hydrogen (secondary N) is 5. The van der Waals surface area contributed by atoms with Crippen molar-refractivity contribution >= 4 is 57.5 Å². The van der Waals surface area contributed by atoms with E-state index >= 15 is 0 Å². The highest BCUT2D eigenvalue weighted by atomic mass is 16.2. The molecule has 1 aromatic rings. The third-order valence-corrected chi connectivity index (χ3v) is 6.58. The summed E-state index contributed by atoms with van der Waals surface area (Å²) in [6, 6.07) is 7.92. The van der Waals surface area contributed by atoms with Crippen LogP contribution in [-0.4, -0.2) is 108 Å².